The predicted octanol–water partition coefficient (Wildman–Crippen LogP) is 3.55. The summed E-state index contributed by atoms with van der Waals surface area (Å²) in [7, 11) is 1.68. The van der Waals surface area contributed by atoms with Gasteiger partial charge in [-0.2, -0.15) is 0 Å². The third-order valence-electron chi connectivity index (χ3n) is 6.26. The minimum absolute atomic E-state index is 0.104. The van der Waals surface area contributed by atoms with E-state index in [0.717, 1.165) is 62.0 Å². The molecule has 1 aliphatic rings. The molecule has 0 spiro atoms. The third kappa shape index (κ3) is 5.17. The molecule has 1 aromatic heterocycles. The molecule has 1 aliphatic heterocycles. The van der Waals surface area contributed by atoms with Gasteiger partial charge in [-0.25, -0.2) is 4.68 Å². The zero-order valence-corrected chi connectivity index (χ0v) is 19.9. The van der Waals surface area contributed by atoms with Crippen LogP contribution in [0.25, 0.3) is 0 Å². The van der Waals surface area contributed by atoms with E-state index in [1.807, 2.05) is 35.0 Å². The highest BCUT2D eigenvalue weighted by Gasteiger charge is 2.32. The third-order valence-corrected chi connectivity index (χ3v) is 6.26. The van der Waals surface area contributed by atoms with Gasteiger partial charge in [-0.3, -0.25) is 15.0 Å². The number of tetrazole rings is 1. The summed E-state index contributed by atoms with van der Waals surface area (Å²) in [4.78, 5) is 15.2. The highest BCUT2D eigenvalue weighted by molar-refractivity contribution is 5.51. The number of anilines is 1. The van der Waals surface area contributed by atoms with Crippen LogP contribution in [0.5, 0.6) is 5.75 Å². The van der Waals surface area contributed by atoms with Gasteiger partial charge in [0.05, 0.1) is 12.0 Å². The van der Waals surface area contributed by atoms with Gasteiger partial charge >= 0.3 is 0 Å². The highest BCUT2D eigenvalue weighted by Crippen LogP contribution is 2.35. The molecule has 2 aromatic carbocycles. The van der Waals surface area contributed by atoms with Crippen LogP contribution in [0.15, 0.2) is 48.5 Å². The van der Waals surface area contributed by atoms with E-state index in [1.54, 1.807) is 19.2 Å². The fraction of sp³-hybridized carbons (Fsp3) is 0.458. The number of hydrogen-bond donors (Lipinski definition) is 0. The molecule has 2 heterocycles. The van der Waals surface area contributed by atoms with E-state index < -0.39 is 0 Å². The Morgan fingerprint density at radius 1 is 1.06 bits per heavy atom. The van der Waals surface area contributed by atoms with E-state index in [9.17, 15) is 10.1 Å². The van der Waals surface area contributed by atoms with Crippen molar-refractivity contribution in [2.24, 2.45) is 5.92 Å². The van der Waals surface area contributed by atoms with Crippen LogP contribution in [0.3, 0.4) is 0 Å². The summed E-state index contributed by atoms with van der Waals surface area (Å²) in [5.41, 5.74) is 2.13. The number of non-ortho nitro benzene ring substituents is 1. The Morgan fingerprint density at radius 3 is 2.41 bits per heavy atom. The summed E-state index contributed by atoms with van der Waals surface area (Å²) in [6.07, 6.45) is 0.991. The summed E-state index contributed by atoms with van der Waals surface area (Å²) in [6, 6.07) is 14.6. The van der Waals surface area contributed by atoms with Crippen LogP contribution in [-0.4, -0.2) is 63.3 Å². The van der Waals surface area contributed by atoms with Crippen LogP contribution < -0.4 is 9.64 Å². The molecule has 1 saturated heterocycles. The standard InChI is InChI=1S/C24H31N7O3/c1-18(2)12-13-30-24(25-26-27-30)23(21-6-4-5-7-22(21)34-3)29-16-14-28(15-17-29)19-8-10-20(11-9-19)31(32)33/h4-11,18,23H,12-17H2,1-3H3/t23-/m1/s1. The van der Waals surface area contributed by atoms with Crippen LogP contribution in [0.4, 0.5) is 11.4 Å². The number of aromatic nitrogens is 4. The van der Waals surface area contributed by atoms with E-state index in [2.05, 4.69) is 45.2 Å². The molecule has 10 nitrogen and oxygen atoms in total. The molecule has 0 radical (unpaired) electrons. The quantitative estimate of drug-likeness (QED) is 0.349. The molecule has 10 heteroatoms. The molecule has 1 atom stereocenters. The lowest BCUT2D eigenvalue weighted by molar-refractivity contribution is -0.384. The average molecular weight is 466 g/mol. The van der Waals surface area contributed by atoms with E-state index in [1.165, 1.54) is 0 Å². The normalized spacial score (nSPS) is 15.5. The number of benzene rings is 2. The molecule has 34 heavy (non-hydrogen) atoms. The predicted molar refractivity (Wildman–Crippen MR) is 129 cm³/mol. The summed E-state index contributed by atoms with van der Waals surface area (Å²) in [6.45, 7) is 8.30. The van der Waals surface area contributed by atoms with Crippen molar-refractivity contribution < 1.29 is 9.66 Å². The van der Waals surface area contributed by atoms with Crippen LogP contribution in [0, 0.1) is 16.0 Å². The number of piperazine rings is 1. The number of ether oxygens (including phenoxy) is 1. The first-order chi connectivity index (χ1) is 16.5. The molecular formula is C24H31N7O3. The SMILES string of the molecule is COc1ccccc1[C@H](c1nnnn1CCC(C)C)N1CCN(c2ccc([N+](=O)[O-])cc2)CC1. The number of para-hydroxylation sites is 1. The second-order valence-corrected chi connectivity index (χ2v) is 8.88. The lowest BCUT2D eigenvalue weighted by atomic mass is 10.0. The van der Waals surface area contributed by atoms with Crippen molar-refractivity contribution >= 4 is 11.4 Å². The van der Waals surface area contributed by atoms with Gasteiger partial charge in [0, 0.05) is 56.1 Å². The van der Waals surface area contributed by atoms with Crippen molar-refractivity contribution in [3.05, 3.63) is 70.0 Å². The smallest absolute Gasteiger partial charge is 0.269 e. The number of nitrogens with zero attached hydrogens (tertiary/aromatic N) is 7. The zero-order valence-electron chi connectivity index (χ0n) is 19.9. The summed E-state index contributed by atoms with van der Waals surface area (Å²) >= 11 is 0. The van der Waals surface area contributed by atoms with Crippen molar-refractivity contribution in [3.63, 3.8) is 0 Å². The van der Waals surface area contributed by atoms with Crippen molar-refractivity contribution in [2.45, 2.75) is 32.9 Å². The maximum absolute atomic E-state index is 11.0. The fourth-order valence-electron chi connectivity index (χ4n) is 4.36. The molecule has 180 valence electrons. The van der Waals surface area contributed by atoms with Crippen molar-refractivity contribution in [3.8, 4) is 5.75 Å². The van der Waals surface area contributed by atoms with Crippen LogP contribution >= 0.6 is 0 Å². The topological polar surface area (TPSA) is 102 Å². The highest BCUT2D eigenvalue weighted by atomic mass is 16.6. The Bertz CT molecular complexity index is 1090. The molecule has 0 amide bonds. The van der Waals surface area contributed by atoms with Crippen molar-refractivity contribution in [2.75, 3.05) is 38.2 Å². The number of nitro groups is 1. The van der Waals surface area contributed by atoms with Gasteiger partial charge in [0.15, 0.2) is 5.82 Å². The minimum atomic E-state index is -0.372. The number of methoxy groups -OCH3 is 1. The monoisotopic (exact) mass is 465 g/mol. The van der Waals surface area contributed by atoms with Crippen molar-refractivity contribution in [1.82, 2.24) is 25.1 Å². The molecular weight excluding hydrogens is 434 g/mol. The second-order valence-electron chi connectivity index (χ2n) is 8.88. The lowest BCUT2D eigenvalue weighted by Gasteiger charge is -2.40. The molecule has 0 aliphatic carbocycles. The Balaban J connectivity index is 1.58. The first-order valence-corrected chi connectivity index (χ1v) is 11.6. The van der Waals surface area contributed by atoms with Gasteiger partial charge in [-0.05, 0) is 41.0 Å². The average Bonchev–Trinajstić information content (AvgIpc) is 3.32. The Morgan fingerprint density at radius 2 is 1.76 bits per heavy atom. The molecule has 0 saturated carbocycles. The van der Waals surface area contributed by atoms with Gasteiger partial charge in [-0.15, -0.1) is 5.10 Å². The fourth-order valence-corrected chi connectivity index (χ4v) is 4.36. The second kappa shape index (κ2) is 10.6. The summed E-state index contributed by atoms with van der Waals surface area (Å²) in [5.74, 6) is 2.17. The maximum Gasteiger partial charge on any atom is 0.269 e. The first kappa shape index (κ1) is 23.6. The van der Waals surface area contributed by atoms with Gasteiger partial charge < -0.3 is 9.64 Å². The Kier molecular flexibility index (Phi) is 7.36. The maximum atomic E-state index is 11.0. The molecule has 0 N–H and O–H groups in total. The number of hydrogen-bond acceptors (Lipinski definition) is 8. The van der Waals surface area contributed by atoms with E-state index in [4.69, 9.17) is 4.74 Å². The summed E-state index contributed by atoms with van der Waals surface area (Å²) in [5, 5.41) is 23.7. The first-order valence-electron chi connectivity index (χ1n) is 11.6. The van der Waals surface area contributed by atoms with E-state index in [-0.39, 0.29) is 16.7 Å². The van der Waals surface area contributed by atoms with Crippen molar-refractivity contribution in [1.29, 1.82) is 0 Å². The number of rotatable bonds is 9. The largest absolute Gasteiger partial charge is 0.496 e. The van der Waals surface area contributed by atoms with Gasteiger partial charge in [0.25, 0.3) is 5.69 Å². The number of aryl methyl sites for hydroxylation is 1. The van der Waals surface area contributed by atoms with E-state index >= 15 is 0 Å². The Hall–Kier alpha value is -3.53. The molecule has 3 aromatic rings. The van der Waals surface area contributed by atoms with Crippen LogP contribution in [0.1, 0.15) is 37.7 Å². The molecule has 1 fully saturated rings. The van der Waals surface area contributed by atoms with Crippen LogP contribution in [-0.2, 0) is 6.54 Å². The zero-order chi connectivity index (χ0) is 24.1. The minimum Gasteiger partial charge on any atom is -0.496 e. The van der Waals surface area contributed by atoms with E-state index in [0.29, 0.717) is 5.92 Å². The number of nitro benzene ring substituents is 1. The van der Waals surface area contributed by atoms with Gasteiger partial charge in [0.1, 0.15) is 11.8 Å². The van der Waals surface area contributed by atoms with Crippen LogP contribution in [0.2, 0.25) is 0 Å². The molecule has 0 bridgehead atoms. The molecule has 0 unspecified atom stereocenters. The van der Waals surface area contributed by atoms with Gasteiger partial charge in [0.2, 0.25) is 0 Å². The molecule has 4 rings (SSSR count). The lowest BCUT2D eigenvalue weighted by Crippen LogP contribution is -2.48. The van der Waals surface area contributed by atoms with Gasteiger partial charge in [-0.1, -0.05) is 32.0 Å². The summed E-state index contributed by atoms with van der Waals surface area (Å²) < 4.78 is 7.62. The Labute approximate surface area is 199 Å².